The van der Waals surface area contributed by atoms with Crippen LogP contribution in [0.4, 0.5) is 18.9 Å². The molecule has 3 rings (SSSR count). The van der Waals surface area contributed by atoms with Gasteiger partial charge >= 0.3 is 12.1 Å². The molecule has 38 heavy (non-hydrogen) atoms. The summed E-state index contributed by atoms with van der Waals surface area (Å²) in [5.74, 6) is -1.70. The molecule has 0 spiro atoms. The van der Waals surface area contributed by atoms with Crippen molar-refractivity contribution in [2.45, 2.75) is 32.0 Å². The molecule has 0 radical (unpaired) electrons. The Morgan fingerprint density at radius 1 is 1.08 bits per heavy atom. The fraction of sp³-hybridized carbons (Fsp3) is 0.269. The predicted molar refractivity (Wildman–Crippen MR) is 135 cm³/mol. The first kappa shape index (κ1) is 28.6. The van der Waals surface area contributed by atoms with Crippen LogP contribution >= 0.6 is 11.6 Å². The lowest BCUT2D eigenvalue weighted by atomic mass is 10.0. The van der Waals surface area contributed by atoms with Crippen molar-refractivity contribution in [1.82, 2.24) is 4.57 Å². The second-order valence-electron chi connectivity index (χ2n) is 8.22. The number of halogens is 4. The largest absolute Gasteiger partial charge is 0.495 e. The van der Waals surface area contributed by atoms with Crippen LogP contribution in [0.25, 0.3) is 11.1 Å². The molecule has 1 amide bonds. The molecule has 0 saturated carbocycles. The summed E-state index contributed by atoms with van der Waals surface area (Å²) in [6.45, 7) is 0.280. The van der Waals surface area contributed by atoms with Crippen molar-refractivity contribution in [1.29, 1.82) is 0 Å². The maximum absolute atomic E-state index is 13.2. The van der Waals surface area contributed by atoms with Crippen molar-refractivity contribution in [3.05, 3.63) is 75.7 Å². The first-order valence-corrected chi connectivity index (χ1v) is 11.7. The van der Waals surface area contributed by atoms with Crippen molar-refractivity contribution < 1.29 is 37.3 Å². The number of carboxylic acid groups (broad SMARTS) is 1. The van der Waals surface area contributed by atoms with Gasteiger partial charge in [0, 0.05) is 27.9 Å². The Morgan fingerprint density at radius 3 is 2.32 bits per heavy atom. The van der Waals surface area contributed by atoms with Crippen molar-refractivity contribution in [3.63, 3.8) is 0 Å². The highest BCUT2D eigenvalue weighted by molar-refractivity contribution is 6.31. The van der Waals surface area contributed by atoms with E-state index in [-0.39, 0.29) is 39.6 Å². The molecule has 1 heterocycles. The van der Waals surface area contributed by atoms with Gasteiger partial charge in [-0.05, 0) is 48.9 Å². The molecule has 1 atom stereocenters. The van der Waals surface area contributed by atoms with Crippen molar-refractivity contribution in [2.75, 3.05) is 19.0 Å². The zero-order valence-electron chi connectivity index (χ0n) is 20.3. The molecular formula is C26H24ClF3N2O6. The van der Waals surface area contributed by atoms with Gasteiger partial charge in [-0.1, -0.05) is 24.9 Å². The molecule has 0 aliphatic heterocycles. The van der Waals surface area contributed by atoms with Crippen LogP contribution < -0.4 is 20.3 Å². The number of rotatable bonds is 10. The van der Waals surface area contributed by atoms with Crippen LogP contribution in [0.1, 0.15) is 36.2 Å². The van der Waals surface area contributed by atoms with Gasteiger partial charge in [-0.3, -0.25) is 14.2 Å². The Balaban J connectivity index is 2.00. The number of pyridine rings is 1. The molecule has 0 saturated heterocycles. The quantitative estimate of drug-likeness (QED) is 0.329. The highest BCUT2D eigenvalue weighted by atomic mass is 35.5. The Labute approximate surface area is 220 Å². The van der Waals surface area contributed by atoms with E-state index in [1.807, 2.05) is 6.92 Å². The number of hydrogen-bond acceptors (Lipinski definition) is 5. The van der Waals surface area contributed by atoms with Crippen molar-refractivity contribution >= 4 is 29.2 Å². The van der Waals surface area contributed by atoms with E-state index >= 15 is 0 Å². The fourth-order valence-corrected chi connectivity index (χ4v) is 3.91. The van der Waals surface area contributed by atoms with Crippen molar-refractivity contribution in [2.24, 2.45) is 0 Å². The summed E-state index contributed by atoms with van der Waals surface area (Å²) < 4.78 is 49.9. The topological polar surface area (TPSA) is 107 Å². The number of aromatic carboxylic acids is 1. The second kappa shape index (κ2) is 12.0. The number of aromatic nitrogens is 1. The van der Waals surface area contributed by atoms with Gasteiger partial charge in [0.1, 0.15) is 17.5 Å². The maximum Gasteiger partial charge on any atom is 0.422 e. The molecule has 2 N–H and O–H groups in total. The zero-order chi connectivity index (χ0) is 28.0. The van der Waals surface area contributed by atoms with Gasteiger partial charge in [0.15, 0.2) is 6.61 Å². The lowest BCUT2D eigenvalue weighted by molar-refractivity contribution is -0.153. The number of carbonyl (C=O) groups excluding carboxylic acids is 1. The highest BCUT2D eigenvalue weighted by Gasteiger charge is 2.29. The number of carbonyl (C=O) groups is 2. The molecular weight excluding hydrogens is 529 g/mol. The summed E-state index contributed by atoms with van der Waals surface area (Å²) in [4.78, 5) is 37.4. The van der Waals surface area contributed by atoms with Gasteiger partial charge in [0.05, 0.1) is 18.9 Å². The lowest BCUT2D eigenvalue weighted by Gasteiger charge is -2.21. The maximum atomic E-state index is 13.2. The molecule has 0 fully saturated rings. The van der Waals surface area contributed by atoms with Gasteiger partial charge in [0.2, 0.25) is 5.91 Å². The SMILES string of the molecule is CCCC(C(=O)Nc1ccc(C(=O)O)cc1)n1cc(OC)c(-c2cc(Cl)ccc2OCC(F)(F)F)cc1=O. The zero-order valence-corrected chi connectivity index (χ0v) is 21.1. The van der Waals surface area contributed by atoms with Crippen LogP contribution in [0.15, 0.2) is 59.5 Å². The number of nitrogens with one attached hydrogen (secondary N) is 1. The second-order valence-corrected chi connectivity index (χ2v) is 8.66. The van der Waals surface area contributed by atoms with Crippen LogP contribution in [0, 0.1) is 0 Å². The van der Waals surface area contributed by atoms with E-state index in [2.05, 4.69) is 5.32 Å². The number of hydrogen-bond donors (Lipinski definition) is 2. The molecule has 202 valence electrons. The average molecular weight is 553 g/mol. The molecule has 0 aliphatic carbocycles. The standard InChI is InChI=1S/C26H24ClF3N2O6/c1-3-4-20(24(34)31-17-8-5-15(6-9-17)25(35)36)32-13-22(37-2)19(12-23(32)33)18-11-16(27)7-10-21(18)38-14-26(28,29)30/h5-13,20H,3-4,14H2,1-2H3,(H,31,34)(H,35,36). The molecule has 0 bridgehead atoms. The van der Waals surface area contributed by atoms with Crippen molar-refractivity contribution in [3.8, 4) is 22.6 Å². The third-order valence-corrected chi connectivity index (χ3v) is 5.72. The number of methoxy groups -OCH3 is 1. The number of alkyl halides is 3. The van der Waals surface area contributed by atoms with Gasteiger partial charge in [-0.15, -0.1) is 0 Å². The summed E-state index contributed by atoms with van der Waals surface area (Å²) in [5.41, 5.74) is 0.0101. The van der Waals surface area contributed by atoms with Crippen LogP contribution in [-0.2, 0) is 4.79 Å². The Kier molecular flexibility index (Phi) is 9.05. The molecule has 12 heteroatoms. The average Bonchev–Trinajstić information content (AvgIpc) is 2.86. The minimum atomic E-state index is -4.58. The Bertz CT molecular complexity index is 1370. The fourth-order valence-electron chi connectivity index (χ4n) is 3.74. The third kappa shape index (κ3) is 7.06. The van der Waals surface area contributed by atoms with Gasteiger partial charge < -0.3 is 19.9 Å². The molecule has 3 aromatic rings. The van der Waals surface area contributed by atoms with Gasteiger partial charge in [-0.25, -0.2) is 4.79 Å². The first-order chi connectivity index (χ1) is 17.9. The molecule has 8 nitrogen and oxygen atoms in total. The molecule has 0 aliphatic rings. The normalized spacial score (nSPS) is 12.1. The van der Waals surface area contributed by atoms with E-state index in [1.54, 1.807) is 0 Å². The number of ether oxygens (including phenoxy) is 2. The summed E-state index contributed by atoms with van der Waals surface area (Å²) in [7, 11) is 1.31. The van der Waals surface area contributed by atoms with E-state index in [1.165, 1.54) is 60.3 Å². The van der Waals surface area contributed by atoms with E-state index in [9.17, 15) is 27.6 Å². The van der Waals surface area contributed by atoms with Crippen LogP contribution in [0.5, 0.6) is 11.5 Å². The van der Waals surface area contributed by atoms with Crippen LogP contribution in [-0.4, -0.2) is 41.4 Å². The van der Waals surface area contributed by atoms with Crippen LogP contribution in [0.2, 0.25) is 5.02 Å². The van der Waals surface area contributed by atoms with E-state index < -0.39 is 36.3 Å². The monoisotopic (exact) mass is 552 g/mol. The van der Waals surface area contributed by atoms with E-state index in [0.29, 0.717) is 12.1 Å². The third-order valence-electron chi connectivity index (χ3n) is 5.49. The Hall–Kier alpha value is -3.99. The molecule has 1 aromatic heterocycles. The summed E-state index contributed by atoms with van der Waals surface area (Å²) in [6, 6.07) is 9.67. The minimum Gasteiger partial charge on any atom is -0.495 e. The van der Waals surface area contributed by atoms with Gasteiger partial charge in [-0.2, -0.15) is 13.2 Å². The van der Waals surface area contributed by atoms with Crippen LogP contribution in [0.3, 0.4) is 0 Å². The lowest BCUT2D eigenvalue weighted by Crippen LogP contribution is -2.33. The van der Waals surface area contributed by atoms with E-state index in [0.717, 1.165) is 6.07 Å². The minimum absolute atomic E-state index is 0.0456. The Morgan fingerprint density at radius 2 is 1.74 bits per heavy atom. The number of carboxylic acids is 1. The molecule has 1 unspecified atom stereocenters. The predicted octanol–water partition coefficient (Wildman–Crippen LogP) is 5.80. The smallest absolute Gasteiger partial charge is 0.422 e. The number of anilines is 1. The number of amides is 1. The summed E-state index contributed by atoms with van der Waals surface area (Å²) in [5, 5.41) is 11.9. The van der Waals surface area contributed by atoms with Gasteiger partial charge in [0.25, 0.3) is 5.56 Å². The number of benzene rings is 2. The highest BCUT2D eigenvalue weighted by Crippen LogP contribution is 2.38. The summed E-state index contributed by atoms with van der Waals surface area (Å²) >= 11 is 6.07. The van der Waals surface area contributed by atoms with E-state index in [4.69, 9.17) is 26.2 Å². The first-order valence-electron chi connectivity index (χ1n) is 11.4. The number of nitrogens with zero attached hydrogens (tertiary/aromatic N) is 1. The molecule has 2 aromatic carbocycles. The summed E-state index contributed by atoms with van der Waals surface area (Å²) in [6.07, 6.45) is -2.46.